The predicted octanol–water partition coefficient (Wildman–Crippen LogP) is 0.795. The monoisotopic (exact) mass is 230 g/mol. The minimum Gasteiger partial charge on any atom is -0.447 e. The van der Waals surface area contributed by atoms with Gasteiger partial charge in [0.2, 0.25) is 0 Å². The summed E-state index contributed by atoms with van der Waals surface area (Å²) in [5.74, 6) is 0. The van der Waals surface area contributed by atoms with Crippen LogP contribution in [0.25, 0.3) is 0 Å². The average molecular weight is 230 g/mol. The van der Waals surface area contributed by atoms with Crippen molar-refractivity contribution in [2.45, 2.75) is 20.0 Å². The van der Waals surface area contributed by atoms with Crippen molar-refractivity contribution in [3.63, 3.8) is 0 Å². The molecule has 1 fully saturated rings. The van der Waals surface area contributed by atoms with E-state index in [2.05, 4.69) is 4.90 Å². The van der Waals surface area contributed by atoms with Gasteiger partial charge in [0.1, 0.15) is 0 Å². The van der Waals surface area contributed by atoms with Crippen LogP contribution in [0.4, 0.5) is 4.79 Å². The van der Waals surface area contributed by atoms with Crippen molar-refractivity contribution in [3.05, 3.63) is 0 Å². The zero-order valence-corrected chi connectivity index (χ0v) is 10.4. The van der Waals surface area contributed by atoms with Crippen LogP contribution in [0.3, 0.4) is 0 Å². The molecular weight excluding hydrogens is 208 g/mol. The van der Waals surface area contributed by atoms with Crippen LogP contribution in [-0.2, 0) is 9.47 Å². The number of ether oxygens (including phenoxy) is 2. The number of carbonyl (C=O) groups excluding carboxylic acids is 1. The molecule has 0 unspecified atom stereocenters. The lowest BCUT2D eigenvalue weighted by atomic mass is 10.4. The SMILES string of the molecule is CC(C)OC(=O)N(C)CCN1CCOCC1. The standard InChI is InChI=1S/C11H22N2O3/c1-10(2)16-11(14)12(3)4-5-13-6-8-15-9-7-13/h10H,4-9H2,1-3H3. The molecule has 1 amide bonds. The fourth-order valence-electron chi connectivity index (χ4n) is 1.50. The lowest BCUT2D eigenvalue weighted by molar-refractivity contribution is 0.0321. The van der Waals surface area contributed by atoms with Crippen LogP contribution in [0.5, 0.6) is 0 Å². The van der Waals surface area contributed by atoms with Gasteiger partial charge in [-0.1, -0.05) is 0 Å². The van der Waals surface area contributed by atoms with Crippen molar-refractivity contribution in [2.75, 3.05) is 46.4 Å². The maximum Gasteiger partial charge on any atom is 0.409 e. The topological polar surface area (TPSA) is 42.0 Å². The third kappa shape index (κ3) is 4.81. The normalized spacial score (nSPS) is 17.5. The molecule has 5 nitrogen and oxygen atoms in total. The lowest BCUT2D eigenvalue weighted by Gasteiger charge is -2.28. The minimum atomic E-state index is -0.247. The Bertz CT molecular complexity index is 215. The fraction of sp³-hybridized carbons (Fsp3) is 0.909. The van der Waals surface area contributed by atoms with Crippen molar-refractivity contribution >= 4 is 6.09 Å². The minimum absolute atomic E-state index is 0.0571. The predicted molar refractivity (Wildman–Crippen MR) is 61.5 cm³/mol. The number of morpholine rings is 1. The van der Waals surface area contributed by atoms with Gasteiger partial charge in [0.05, 0.1) is 19.3 Å². The Balaban J connectivity index is 2.17. The van der Waals surface area contributed by atoms with E-state index in [9.17, 15) is 4.79 Å². The van der Waals surface area contributed by atoms with E-state index in [1.165, 1.54) is 0 Å². The Morgan fingerprint density at radius 2 is 2.06 bits per heavy atom. The molecule has 1 saturated heterocycles. The van der Waals surface area contributed by atoms with E-state index in [4.69, 9.17) is 9.47 Å². The number of hydrogen-bond acceptors (Lipinski definition) is 4. The van der Waals surface area contributed by atoms with Crippen LogP contribution in [0.2, 0.25) is 0 Å². The summed E-state index contributed by atoms with van der Waals surface area (Å²) in [6.45, 7) is 8.78. The van der Waals surface area contributed by atoms with Gasteiger partial charge in [-0.2, -0.15) is 0 Å². The fourth-order valence-corrected chi connectivity index (χ4v) is 1.50. The molecule has 0 atom stereocenters. The Hall–Kier alpha value is -0.810. The molecule has 0 aromatic carbocycles. The zero-order chi connectivity index (χ0) is 12.0. The van der Waals surface area contributed by atoms with Crippen LogP contribution in [-0.4, -0.2) is 68.4 Å². The lowest BCUT2D eigenvalue weighted by Crippen LogP contribution is -2.42. The molecule has 0 bridgehead atoms. The average Bonchev–Trinajstić information content (AvgIpc) is 2.26. The number of rotatable bonds is 4. The summed E-state index contributed by atoms with van der Waals surface area (Å²) in [6.07, 6.45) is -0.304. The van der Waals surface area contributed by atoms with E-state index in [-0.39, 0.29) is 12.2 Å². The van der Waals surface area contributed by atoms with E-state index in [0.29, 0.717) is 6.54 Å². The van der Waals surface area contributed by atoms with Crippen molar-refractivity contribution in [2.24, 2.45) is 0 Å². The van der Waals surface area contributed by atoms with Crippen LogP contribution in [0.15, 0.2) is 0 Å². The number of hydrogen-bond donors (Lipinski definition) is 0. The summed E-state index contributed by atoms with van der Waals surface area (Å²) in [7, 11) is 1.77. The molecule has 0 N–H and O–H groups in total. The molecule has 0 spiro atoms. The van der Waals surface area contributed by atoms with E-state index in [1.807, 2.05) is 13.8 Å². The molecule has 94 valence electrons. The van der Waals surface area contributed by atoms with Gasteiger partial charge in [0.15, 0.2) is 0 Å². The van der Waals surface area contributed by atoms with Gasteiger partial charge in [-0.15, -0.1) is 0 Å². The first-order chi connectivity index (χ1) is 7.59. The van der Waals surface area contributed by atoms with Gasteiger partial charge < -0.3 is 14.4 Å². The Morgan fingerprint density at radius 1 is 1.44 bits per heavy atom. The Kier molecular flexibility index (Phi) is 5.55. The second kappa shape index (κ2) is 6.70. The van der Waals surface area contributed by atoms with Crippen LogP contribution in [0, 0.1) is 0 Å². The maximum absolute atomic E-state index is 11.5. The van der Waals surface area contributed by atoms with Crippen molar-refractivity contribution in [1.82, 2.24) is 9.80 Å². The quantitative estimate of drug-likeness (QED) is 0.716. The molecule has 1 aliphatic heterocycles. The molecule has 0 aliphatic carbocycles. The molecule has 0 radical (unpaired) electrons. The maximum atomic E-state index is 11.5. The first-order valence-electron chi connectivity index (χ1n) is 5.81. The van der Waals surface area contributed by atoms with Gasteiger partial charge in [0.25, 0.3) is 0 Å². The number of carbonyl (C=O) groups is 1. The second-order valence-electron chi connectivity index (χ2n) is 4.31. The van der Waals surface area contributed by atoms with E-state index in [0.717, 1.165) is 32.8 Å². The summed E-state index contributed by atoms with van der Waals surface area (Å²) in [5, 5.41) is 0. The van der Waals surface area contributed by atoms with Gasteiger partial charge in [-0.05, 0) is 13.8 Å². The Labute approximate surface area is 97.3 Å². The molecule has 1 rings (SSSR count). The van der Waals surface area contributed by atoms with E-state index in [1.54, 1.807) is 11.9 Å². The molecule has 1 heterocycles. The van der Waals surface area contributed by atoms with Crippen LogP contribution >= 0.6 is 0 Å². The first kappa shape index (κ1) is 13.3. The first-order valence-corrected chi connectivity index (χ1v) is 5.81. The molecule has 16 heavy (non-hydrogen) atoms. The summed E-state index contributed by atoms with van der Waals surface area (Å²) in [6, 6.07) is 0. The van der Waals surface area contributed by atoms with Gasteiger partial charge >= 0.3 is 6.09 Å². The number of likely N-dealkylation sites (N-methyl/N-ethyl adjacent to an activating group) is 1. The zero-order valence-electron chi connectivity index (χ0n) is 10.4. The number of amides is 1. The largest absolute Gasteiger partial charge is 0.447 e. The van der Waals surface area contributed by atoms with Gasteiger partial charge in [-0.25, -0.2) is 4.79 Å². The van der Waals surface area contributed by atoms with Crippen molar-refractivity contribution in [1.29, 1.82) is 0 Å². The second-order valence-corrected chi connectivity index (χ2v) is 4.31. The molecular formula is C11H22N2O3. The van der Waals surface area contributed by atoms with Crippen LogP contribution < -0.4 is 0 Å². The highest BCUT2D eigenvalue weighted by atomic mass is 16.6. The molecule has 1 aliphatic rings. The third-order valence-electron chi connectivity index (χ3n) is 2.50. The molecule has 0 saturated carbocycles. The highest BCUT2D eigenvalue weighted by Gasteiger charge is 2.14. The molecule has 0 aromatic rings. The summed E-state index contributed by atoms with van der Waals surface area (Å²) in [5.41, 5.74) is 0. The summed E-state index contributed by atoms with van der Waals surface area (Å²) < 4.78 is 10.4. The van der Waals surface area contributed by atoms with Gasteiger partial charge in [-0.3, -0.25) is 4.90 Å². The molecule has 0 aromatic heterocycles. The van der Waals surface area contributed by atoms with Crippen LogP contribution in [0.1, 0.15) is 13.8 Å². The van der Waals surface area contributed by atoms with Crippen molar-refractivity contribution < 1.29 is 14.3 Å². The Morgan fingerprint density at radius 3 is 2.62 bits per heavy atom. The third-order valence-corrected chi connectivity index (χ3v) is 2.50. The smallest absolute Gasteiger partial charge is 0.409 e. The van der Waals surface area contributed by atoms with E-state index < -0.39 is 0 Å². The number of nitrogens with zero attached hydrogens (tertiary/aromatic N) is 2. The van der Waals surface area contributed by atoms with E-state index >= 15 is 0 Å². The van der Waals surface area contributed by atoms with Crippen molar-refractivity contribution in [3.8, 4) is 0 Å². The summed E-state index contributed by atoms with van der Waals surface area (Å²) in [4.78, 5) is 15.4. The highest BCUT2D eigenvalue weighted by molar-refractivity contribution is 5.67. The molecule has 5 heteroatoms. The highest BCUT2D eigenvalue weighted by Crippen LogP contribution is 1.99. The van der Waals surface area contributed by atoms with Gasteiger partial charge in [0, 0.05) is 33.2 Å². The summed E-state index contributed by atoms with van der Waals surface area (Å²) >= 11 is 0.